The molecule has 0 saturated carbocycles. The standard InChI is InChI=1S/C22H31NO4/c1-17-7-8-19(18(2)11-17)12-23(14-21-5-3-9-26-21)13-20(24)15-25-16-22-6-4-10-27-22/h4,6-8,10-11,20-21,24H,3,5,9,12-16H2,1-2H3/t20-,21+/m0/s1. The molecule has 1 aromatic heterocycles. The van der Waals surface area contributed by atoms with Crippen molar-refractivity contribution in [3.8, 4) is 0 Å². The molecule has 148 valence electrons. The van der Waals surface area contributed by atoms with Gasteiger partial charge in [-0.2, -0.15) is 0 Å². The van der Waals surface area contributed by atoms with Crippen LogP contribution >= 0.6 is 0 Å². The molecule has 0 aliphatic carbocycles. The first kappa shape index (κ1) is 20.1. The Balaban J connectivity index is 1.54. The van der Waals surface area contributed by atoms with Crippen LogP contribution in [-0.2, 0) is 22.6 Å². The number of rotatable bonds is 10. The van der Waals surface area contributed by atoms with Gasteiger partial charge in [0.1, 0.15) is 12.4 Å². The summed E-state index contributed by atoms with van der Waals surface area (Å²) in [6, 6.07) is 10.3. The summed E-state index contributed by atoms with van der Waals surface area (Å²) in [7, 11) is 0. The topological polar surface area (TPSA) is 55.1 Å². The molecule has 3 rings (SSSR count). The fourth-order valence-corrected chi connectivity index (χ4v) is 3.59. The third-order valence-corrected chi connectivity index (χ3v) is 4.98. The number of nitrogens with zero attached hydrogens (tertiary/aromatic N) is 1. The molecular formula is C22H31NO4. The zero-order valence-corrected chi connectivity index (χ0v) is 16.4. The second-order valence-corrected chi connectivity index (χ2v) is 7.51. The van der Waals surface area contributed by atoms with Gasteiger partial charge < -0.3 is 19.0 Å². The highest BCUT2D eigenvalue weighted by Crippen LogP contribution is 2.18. The van der Waals surface area contributed by atoms with Crippen molar-refractivity contribution in [2.24, 2.45) is 0 Å². The van der Waals surface area contributed by atoms with Gasteiger partial charge in [0.15, 0.2) is 0 Å². The molecule has 0 bridgehead atoms. The Labute approximate surface area is 161 Å². The number of furan rings is 1. The normalized spacial score (nSPS) is 18.3. The highest BCUT2D eigenvalue weighted by molar-refractivity contribution is 5.30. The molecule has 0 radical (unpaired) electrons. The van der Waals surface area contributed by atoms with Gasteiger partial charge in [0.2, 0.25) is 0 Å². The number of hydrogen-bond acceptors (Lipinski definition) is 5. The lowest BCUT2D eigenvalue weighted by molar-refractivity contribution is -0.00639. The van der Waals surface area contributed by atoms with E-state index in [-0.39, 0.29) is 12.7 Å². The highest BCUT2D eigenvalue weighted by atomic mass is 16.5. The van der Waals surface area contributed by atoms with Gasteiger partial charge in [-0.05, 0) is 49.9 Å². The third kappa shape index (κ3) is 6.47. The van der Waals surface area contributed by atoms with Crippen molar-refractivity contribution in [2.75, 3.05) is 26.3 Å². The van der Waals surface area contributed by atoms with Crippen LogP contribution in [0.15, 0.2) is 41.0 Å². The maximum Gasteiger partial charge on any atom is 0.129 e. The Morgan fingerprint density at radius 3 is 2.89 bits per heavy atom. The van der Waals surface area contributed by atoms with Crippen molar-refractivity contribution in [3.63, 3.8) is 0 Å². The molecule has 5 heteroatoms. The third-order valence-electron chi connectivity index (χ3n) is 4.98. The molecule has 1 aromatic carbocycles. The van der Waals surface area contributed by atoms with E-state index in [1.54, 1.807) is 6.26 Å². The molecule has 1 aliphatic heterocycles. The van der Waals surface area contributed by atoms with E-state index in [1.165, 1.54) is 16.7 Å². The molecule has 2 heterocycles. The van der Waals surface area contributed by atoms with Crippen molar-refractivity contribution in [1.29, 1.82) is 0 Å². The molecule has 5 nitrogen and oxygen atoms in total. The van der Waals surface area contributed by atoms with Crippen molar-refractivity contribution in [3.05, 3.63) is 59.0 Å². The van der Waals surface area contributed by atoms with Gasteiger partial charge in [-0.15, -0.1) is 0 Å². The van der Waals surface area contributed by atoms with Crippen LogP contribution in [-0.4, -0.2) is 48.5 Å². The van der Waals surface area contributed by atoms with Gasteiger partial charge in [0.25, 0.3) is 0 Å². The van der Waals surface area contributed by atoms with E-state index in [0.717, 1.165) is 38.3 Å². The first-order valence-corrected chi connectivity index (χ1v) is 9.78. The van der Waals surface area contributed by atoms with E-state index >= 15 is 0 Å². The van der Waals surface area contributed by atoms with Crippen LogP contribution in [0.25, 0.3) is 0 Å². The molecular weight excluding hydrogens is 342 g/mol. The minimum atomic E-state index is -0.549. The van der Waals surface area contributed by atoms with E-state index in [9.17, 15) is 5.11 Å². The summed E-state index contributed by atoms with van der Waals surface area (Å²) in [6.45, 7) is 7.98. The molecule has 0 unspecified atom stereocenters. The molecule has 1 saturated heterocycles. The Bertz CT molecular complexity index is 680. The van der Waals surface area contributed by atoms with Gasteiger partial charge >= 0.3 is 0 Å². The average Bonchev–Trinajstić information content (AvgIpc) is 3.31. The number of benzene rings is 1. The quantitative estimate of drug-likeness (QED) is 0.691. The fourth-order valence-electron chi connectivity index (χ4n) is 3.59. The Morgan fingerprint density at radius 2 is 2.19 bits per heavy atom. The van der Waals surface area contributed by atoms with Crippen molar-refractivity contribution < 1.29 is 19.0 Å². The minimum Gasteiger partial charge on any atom is -0.467 e. The molecule has 27 heavy (non-hydrogen) atoms. The van der Waals surface area contributed by atoms with Crippen LogP contribution in [0.3, 0.4) is 0 Å². The van der Waals surface area contributed by atoms with Crippen LogP contribution in [0.4, 0.5) is 0 Å². The summed E-state index contributed by atoms with van der Waals surface area (Å²) in [4.78, 5) is 2.29. The van der Waals surface area contributed by atoms with E-state index < -0.39 is 6.10 Å². The second-order valence-electron chi connectivity index (χ2n) is 7.51. The van der Waals surface area contributed by atoms with E-state index in [0.29, 0.717) is 13.2 Å². The summed E-state index contributed by atoms with van der Waals surface area (Å²) in [5, 5.41) is 10.5. The number of ether oxygens (including phenoxy) is 2. The maximum atomic E-state index is 10.5. The summed E-state index contributed by atoms with van der Waals surface area (Å²) in [5.74, 6) is 0.772. The summed E-state index contributed by atoms with van der Waals surface area (Å²) < 4.78 is 16.7. The lowest BCUT2D eigenvalue weighted by Gasteiger charge is -2.28. The highest BCUT2D eigenvalue weighted by Gasteiger charge is 2.21. The molecule has 2 atom stereocenters. The van der Waals surface area contributed by atoms with Crippen LogP contribution < -0.4 is 0 Å². The maximum absolute atomic E-state index is 10.5. The number of aliphatic hydroxyl groups is 1. The lowest BCUT2D eigenvalue weighted by atomic mass is 10.0. The molecule has 1 N–H and O–H groups in total. The van der Waals surface area contributed by atoms with Crippen LogP contribution in [0.2, 0.25) is 0 Å². The molecule has 0 spiro atoms. The average molecular weight is 373 g/mol. The summed E-state index contributed by atoms with van der Waals surface area (Å²) in [5.41, 5.74) is 3.85. The monoisotopic (exact) mass is 373 g/mol. The molecule has 2 aromatic rings. The van der Waals surface area contributed by atoms with Gasteiger partial charge in [-0.3, -0.25) is 4.90 Å². The Hall–Kier alpha value is -1.66. The van der Waals surface area contributed by atoms with Crippen LogP contribution in [0.5, 0.6) is 0 Å². The van der Waals surface area contributed by atoms with Gasteiger partial charge in [-0.25, -0.2) is 0 Å². The first-order valence-electron chi connectivity index (χ1n) is 9.78. The van der Waals surface area contributed by atoms with E-state index in [1.807, 2.05) is 12.1 Å². The summed E-state index contributed by atoms with van der Waals surface area (Å²) >= 11 is 0. The zero-order chi connectivity index (χ0) is 19.1. The van der Waals surface area contributed by atoms with E-state index in [2.05, 4.69) is 36.9 Å². The van der Waals surface area contributed by atoms with Crippen LogP contribution in [0.1, 0.15) is 35.3 Å². The molecule has 1 fully saturated rings. The lowest BCUT2D eigenvalue weighted by Crippen LogP contribution is -2.39. The Kier molecular flexibility index (Phi) is 7.47. The molecule has 0 amide bonds. The number of hydrogen-bond donors (Lipinski definition) is 1. The Morgan fingerprint density at radius 1 is 1.30 bits per heavy atom. The zero-order valence-electron chi connectivity index (χ0n) is 16.4. The van der Waals surface area contributed by atoms with Gasteiger partial charge in [0, 0.05) is 26.2 Å². The van der Waals surface area contributed by atoms with Gasteiger partial charge in [-0.1, -0.05) is 23.8 Å². The van der Waals surface area contributed by atoms with Gasteiger partial charge in [0.05, 0.1) is 25.1 Å². The predicted molar refractivity (Wildman–Crippen MR) is 105 cm³/mol. The predicted octanol–water partition coefficient (Wildman–Crippen LogP) is 3.46. The second kappa shape index (κ2) is 10.0. The largest absolute Gasteiger partial charge is 0.467 e. The van der Waals surface area contributed by atoms with Crippen molar-refractivity contribution >= 4 is 0 Å². The molecule has 1 aliphatic rings. The SMILES string of the molecule is Cc1ccc(CN(C[C@H](O)COCc2ccco2)C[C@H]2CCCO2)c(C)c1. The smallest absolute Gasteiger partial charge is 0.129 e. The van der Waals surface area contributed by atoms with Crippen LogP contribution in [0, 0.1) is 13.8 Å². The summed E-state index contributed by atoms with van der Waals surface area (Å²) in [6.07, 6.45) is 3.55. The van der Waals surface area contributed by atoms with E-state index in [4.69, 9.17) is 13.9 Å². The number of aryl methyl sites for hydroxylation is 2. The number of aliphatic hydroxyl groups excluding tert-OH is 1. The fraction of sp³-hybridized carbons (Fsp3) is 0.545. The van der Waals surface area contributed by atoms with Crippen molar-refractivity contribution in [1.82, 2.24) is 4.90 Å². The van der Waals surface area contributed by atoms with Crippen molar-refractivity contribution in [2.45, 2.75) is 52.0 Å². The minimum absolute atomic E-state index is 0.256. The first-order chi connectivity index (χ1) is 13.1.